The largest absolute Gasteiger partial charge is 0.460 e. The number of ether oxygens (including phenoxy) is 2. The van der Waals surface area contributed by atoms with Crippen molar-refractivity contribution in [2.75, 3.05) is 0 Å². The minimum absolute atomic E-state index is 0.00448. The first-order chi connectivity index (χ1) is 20.6. The van der Waals surface area contributed by atoms with Crippen molar-refractivity contribution in [1.29, 1.82) is 0 Å². The molecule has 0 fully saturated rings. The zero-order chi connectivity index (χ0) is 33.4. The summed E-state index contributed by atoms with van der Waals surface area (Å²) in [5, 5.41) is 10.4. The molecule has 246 valence electrons. The second-order valence-electron chi connectivity index (χ2n) is 12.4. The monoisotopic (exact) mass is 618 g/mol. The Morgan fingerprint density at radius 3 is 2.05 bits per heavy atom. The summed E-state index contributed by atoms with van der Waals surface area (Å²) in [5.41, 5.74) is 0.0227. The van der Waals surface area contributed by atoms with Gasteiger partial charge in [-0.3, -0.25) is 19.2 Å². The first-order valence-corrected chi connectivity index (χ1v) is 15.1. The summed E-state index contributed by atoms with van der Waals surface area (Å²) in [5.74, 6) is -2.70. The van der Waals surface area contributed by atoms with Crippen LogP contribution in [0.1, 0.15) is 86.6 Å². The summed E-state index contributed by atoms with van der Waals surface area (Å²) in [7, 11) is 0. The molecule has 0 aliphatic rings. The molecule has 0 bridgehead atoms. The van der Waals surface area contributed by atoms with E-state index >= 15 is 0 Å². The number of rotatable bonds is 17. The fourth-order valence-corrected chi connectivity index (χ4v) is 4.12. The lowest BCUT2D eigenvalue weighted by molar-refractivity contribution is -0.155. The quantitative estimate of drug-likeness (QED) is 0.152. The van der Waals surface area contributed by atoms with Crippen LogP contribution in [0.4, 0.5) is 4.79 Å². The topological polar surface area (TPSA) is 169 Å². The van der Waals surface area contributed by atoms with Crippen molar-refractivity contribution >= 4 is 36.1 Å². The Balaban J connectivity index is 3.04. The van der Waals surface area contributed by atoms with Crippen molar-refractivity contribution in [3.63, 3.8) is 0 Å². The van der Waals surface area contributed by atoms with Crippen LogP contribution in [-0.4, -0.2) is 65.8 Å². The molecule has 0 heterocycles. The van der Waals surface area contributed by atoms with Gasteiger partial charge in [-0.05, 0) is 57.9 Å². The van der Waals surface area contributed by atoms with Crippen LogP contribution < -0.4 is 21.3 Å². The Hall–Kier alpha value is -3.96. The highest BCUT2D eigenvalue weighted by Crippen LogP contribution is 2.13. The van der Waals surface area contributed by atoms with E-state index in [1.54, 1.807) is 39.8 Å². The molecule has 12 nitrogen and oxygen atoms in total. The molecular weight excluding hydrogens is 568 g/mol. The highest BCUT2D eigenvalue weighted by atomic mass is 16.6. The van der Waals surface area contributed by atoms with E-state index in [1.807, 2.05) is 39.0 Å². The van der Waals surface area contributed by atoms with Gasteiger partial charge in [0.05, 0.1) is 6.04 Å². The lowest BCUT2D eigenvalue weighted by atomic mass is 9.97. The molecule has 0 aliphatic carbocycles. The molecule has 0 aromatic heterocycles. The van der Waals surface area contributed by atoms with Crippen LogP contribution >= 0.6 is 0 Å². The molecule has 4 N–H and O–H groups in total. The standard InChI is InChI=1S/C32H50N4O8/c1-9-21(4)27(36-31(42)43-19-23-13-11-10-12-14-23)30(41)35-25(15-16-26(38)44-32(6,7)8)29(40)33-22(5)28(39)34-24(18-37)17-20(2)3/h10-14,18,20-22,24-25,27H,9,15-17,19H2,1-8H3,(H,33,40)(H,34,39)(H,35,41)(H,36,42)/t21?,22-,24-,25-,27-/m0/s1. The number of alkyl carbamates (subject to hydrolysis) is 1. The molecule has 1 aromatic carbocycles. The molecule has 12 heteroatoms. The molecule has 0 spiro atoms. The molecule has 4 amide bonds. The number of esters is 1. The number of benzene rings is 1. The predicted octanol–water partition coefficient (Wildman–Crippen LogP) is 3.17. The van der Waals surface area contributed by atoms with E-state index in [0.29, 0.717) is 19.1 Å². The molecule has 1 rings (SSSR count). The molecule has 44 heavy (non-hydrogen) atoms. The van der Waals surface area contributed by atoms with Crippen LogP contribution in [0.2, 0.25) is 0 Å². The number of hydrogen-bond acceptors (Lipinski definition) is 8. The van der Waals surface area contributed by atoms with Crippen LogP contribution in [0.5, 0.6) is 0 Å². The Kier molecular flexibility index (Phi) is 16.1. The van der Waals surface area contributed by atoms with Crippen LogP contribution in [0.3, 0.4) is 0 Å². The molecule has 5 atom stereocenters. The van der Waals surface area contributed by atoms with Gasteiger partial charge in [0, 0.05) is 6.42 Å². The van der Waals surface area contributed by atoms with Crippen molar-refractivity contribution < 1.29 is 38.2 Å². The molecule has 0 aliphatic heterocycles. The van der Waals surface area contributed by atoms with Gasteiger partial charge in [0.1, 0.15) is 36.6 Å². The summed E-state index contributed by atoms with van der Waals surface area (Å²) in [6.07, 6.45) is 0.471. The third-order valence-electron chi connectivity index (χ3n) is 6.64. The second kappa shape index (κ2) is 18.6. The predicted molar refractivity (Wildman–Crippen MR) is 165 cm³/mol. The highest BCUT2D eigenvalue weighted by molar-refractivity contribution is 5.94. The first-order valence-electron chi connectivity index (χ1n) is 15.1. The van der Waals surface area contributed by atoms with Crippen LogP contribution in [0, 0.1) is 11.8 Å². The van der Waals surface area contributed by atoms with Gasteiger partial charge in [-0.2, -0.15) is 0 Å². The van der Waals surface area contributed by atoms with Gasteiger partial charge < -0.3 is 35.5 Å². The highest BCUT2D eigenvalue weighted by Gasteiger charge is 2.32. The van der Waals surface area contributed by atoms with E-state index in [4.69, 9.17) is 9.47 Å². The number of nitrogens with one attached hydrogen (secondary N) is 4. The van der Waals surface area contributed by atoms with E-state index in [0.717, 1.165) is 5.56 Å². The minimum Gasteiger partial charge on any atom is -0.460 e. The third kappa shape index (κ3) is 15.0. The SMILES string of the molecule is CCC(C)[C@H](NC(=O)OCc1ccccc1)C(=O)N[C@@H](CCC(=O)OC(C)(C)C)C(=O)N[C@@H](C)C(=O)N[C@H](C=O)CC(C)C. The van der Waals surface area contributed by atoms with E-state index in [1.165, 1.54) is 6.92 Å². The van der Waals surface area contributed by atoms with Crippen molar-refractivity contribution in [2.24, 2.45) is 11.8 Å². The van der Waals surface area contributed by atoms with Crippen LogP contribution in [0.25, 0.3) is 0 Å². The first kappa shape index (κ1) is 38.1. The summed E-state index contributed by atoms with van der Waals surface area (Å²) in [6, 6.07) is 5.00. The van der Waals surface area contributed by atoms with Crippen molar-refractivity contribution in [2.45, 2.75) is 117 Å². The van der Waals surface area contributed by atoms with E-state index in [2.05, 4.69) is 21.3 Å². The number of amides is 4. The summed E-state index contributed by atoms with van der Waals surface area (Å²) in [4.78, 5) is 75.9. The second-order valence-corrected chi connectivity index (χ2v) is 12.4. The maximum atomic E-state index is 13.5. The zero-order valence-corrected chi connectivity index (χ0v) is 27.2. The van der Waals surface area contributed by atoms with Crippen LogP contribution in [-0.2, 0) is 40.1 Å². The Morgan fingerprint density at radius 2 is 1.50 bits per heavy atom. The molecule has 1 unspecified atom stereocenters. The Morgan fingerprint density at radius 1 is 0.864 bits per heavy atom. The fourth-order valence-electron chi connectivity index (χ4n) is 4.12. The average molecular weight is 619 g/mol. The van der Waals surface area contributed by atoms with Crippen molar-refractivity contribution in [1.82, 2.24) is 21.3 Å². The van der Waals surface area contributed by atoms with Gasteiger partial charge in [0.25, 0.3) is 0 Å². The number of carbonyl (C=O) groups is 6. The minimum atomic E-state index is -1.24. The van der Waals surface area contributed by atoms with Crippen LogP contribution in [0.15, 0.2) is 30.3 Å². The van der Waals surface area contributed by atoms with E-state index in [-0.39, 0.29) is 31.3 Å². The van der Waals surface area contributed by atoms with Gasteiger partial charge >= 0.3 is 12.1 Å². The third-order valence-corrected chi connectivity index (χ3v) is 6.64. The van der Waals surface area contributed by atoms with Crippen molar-refractivity contribution in [3.05, 3.63) is 35.9 Å². The Bertz CT molecular complexity index is 1100. The van der Waals surface area contributed by atoms with Gasteiger partial charge in [0.15, 0.2) is 0 Å². The molecule has 0 radical (unpaired) electrons. The smallest absolute Gasteiger partial charge is 0.408 e. The number of carbonyl (C=O) groups excluding carboxylic acids is 6. The lowest BCUT2D eigenvalue weighted by Crippen LogP contribution is -2.58. The molecule has 1 aromatic rings. The summed E-state index contributed by atoms with van der Waals surface area (Å²) in [6.45, 7) is 14.0. The lowest BCUT2D eigenvalue weighted by Gasteiger charge is -2.27. The zero-order valence-electron chi connectivity index (χ0n) is 27.2. The Labute approximate surface area is 260 Å². The molecular formula is C32H50N4O8. The molecule has 0 saturated carbocycles. The van der Waals surface area contributed by atoms with E-state index in [9.17, 15) is 28.8 Å². The maximum absolute atomic E-state index is 13.5. The number of aldehydes is 1. The van der Waals surface area contributed by atoms with E-state index < -0.39 is 59.6 Å². The summed E-state index contributed by atoms with van der Waals surface area (Å²) >= 11 is 0. The summed E-state index contributed by atoms with van der Waals surface area (Å²) < 4.78 is 10.6. The normalized spacial score (nSPS) is 14.7. The van der Waals surface area contributed by atoms with Gasteiger partial charge in [-0.15, -0.1) is 0 Å². The number of hydrogen-bond donors (Lipinski definition) is 4. The van der Waals surface area contributed by atoms with Gasteiger partial charge in [-0.25, -0.2) is 4.79 Å². The van der Waals surface area contributed by atoms with Gasteiger partial charge in [0.2, 0.25) is 17.7 Å². The van der Waals surface area contributed by atoms with Gasteiger partial charge in [-0.1, -0.05) is 64.4 Å². The average Bonchev–Trinajstić information content (AvgIpc) is 2.95. The maximum Gasteiger partial charge on any atom is 0.408 e. The van der Waals surface area contributed by atoms with Crippen molar-refractivity contribution in [3.8, 4) is 0 Å². The fraction of sp³-hybridized carbons (Fsp3) is 0.625. The molecule has 0 saturated heterocycles.